The molecule has 0 aromatic heterocycles. The highest BCUT2D eigenvalue weighted by Gasteiger charge is 2.06. The molecule has 0 N–H and O–H groups in total. The van der Waals surface area contributed by atoms with E-state index in [2.05, 4.69) is 18.2 Å². The fourth-order valence-electron chi connectivity index (χ4n) is 2.29. The minimum atomic E-state index is 0.567. The number of fused-ring (bicyclic) bond motifs is 1. The van der Waals surface area contributed by atoms with Crippen molar-refractivity contribution in [3.8, 4) is 11.5 Å². The quantitative estimate of drug-likeness (QED) is 0.694. The lowest BCUT2D eigenvalue weighted by molar-refractivity contribution is 0.310. The number of hydrogen-bond donors (Lipinski definition) is 0. The average Bonchev–Trinajstić information content (AvgIpc) is 2.53. The van der Waals surface area contributed by atoms with E-state index in [1.54, 1.807) is 7.11 Å². The third kappa shape index (κ3) is 2.45. The van der Waals surface area contributed by atoms with E-state index in [4.69, 9.17) is 9.47 Å². The molecule has 100 valence electrons. The maximum atomic E-state index is 5.95. The van der Waals surface area contributed by atoms with E-state index < -0.39 is 0 Å². The van der Waals surface area contributed by atoms with Crippen LogP contribution in [0.2, 0.25) is 0 Å². The van der Waals surface area contributed by atoms with Crippen LogP contribution in [0.1, 0.15) is 5.56 Å². The average molecular weight is 264 g/mol. The van der Waals surface area contributed by atoms with Gasteiger partial charge in [0.2, 0.25) is 0 Å². The van der Waals surface area contributed by atoms with Gasteiger partial charge in [-0.3, -0.25) is 0 Å². The van der Waals surface area contributed by atoms with Gasteiger partial charge in [-0.05, 0) is 17.7 Å². The Bertz CT molecular complexity index is 705. The molecular formula is C18H16O2. The van der Waals surface area contributed by atoms with Crippen LogP contribution in [0.5, 0.6) is 11.5 Å². The number of methoxy groups -OCH3 is 1. The molecule has 0 saturated carbocycles. The van der Waals surface area contributed by atoms with E-state index in [0.29, 0.717) is 6.61 Å². The van der Waals surface area contributed by atoms with Gasteiger partial charge in [-0.1, -0.05) is 54.6 Å². The normalized spacial score (nSPS) is 10.4. The highest BCUT2D eigenvalue weighted by Crippen LogP contribution is 2.32. The topological polar surface area (TPSA) is 18.5 Å². The summed E-state index contributed by atoms with van der Waals surface area (Å²) in [5.41, 5.74) is 1.16. The molecule has 0 heterocycles. The lowest BCUT2D eigenvalue weighted by atomic mass is 10.1. The molecule has 0 unspecified atom stereocenters. The van der Waals surface area contributed by atoms with Gasteiger partial charge in [-0.2, -0.15) is 0 Å². The Kier molecular flexibility index (Phi) is 3.55. The zero-order chi connectivity index (χ0) is 13.8. The first-order valence-electron chi connectivity index (χ1n) is 6.61. The number of benzene rings is 3. The largest absolute Gasteiger partial charge is 0.496 e. The molecule has 0 saturated heterocycles. The van der Waals surface area contributed by atoms with Gasteiger partial charge in [0.1, 0.15) is 18.1 Å². The van der Waals surface area contributed by atoms with Crippen LogP contribution in [0.3, 0.4) is 0 Å². The summed E-state index contributed by atoms with van der Waals surface area (Å²) in [6.07, 6.45) is 0. The predicted molar refractivity (Wildman–Crippen MR) is 81.3 cm³/mol. The van der Waals surface area contributed by atoms with Crippen molar-refractivity contribution in [3.05, 3.63) is 72.3 Å². The molecule has 0 aliphatic heterocycles. The molecule has 0 atom stereocenters. The van der Waals surface area contributed by atoms with Gasteiger partial charge < -0.3 is 9.47 Å². The Hall–Kier alpha value is -2.48. The Labute approximate surface area is 118 Å². The molecule has 3 rings (SSSR count). The molecule has 0 radical (unpaired) electrons. The van der Waals surface area contributed by atoms with Crippen LogP contribution >= 0.6 is 0 Å². The van der Waals surface area contributed by atoms with E-state index >= 15 is 0 Å². The van der Waals surface area contributed by atoms with Gasteiger partial charge >= 0.3 is 0 Å². The highest BCUT2D eigenvalue weighted by molar-refractivity contribution is 5.93. The van der Waals surface area contributed by atoms with Crippen molar-refractivity contribution in [2.75, 3.05) is 7.11 Å². The third-order valence-electron chi connectivity index (χ3n) is 3.30. The number of ether oxygens (including phenoxy) is 2. The van der Waals surface area contributed by atoms with Crippen LogP contribution < -0.4 is 9.47 Å². The predicted octanol–water partition coefficient (Wildman–Crippen LogP) is 4.43. The molecule has 0 fully saturated rings. The zero-order valence-corrected chi connectivity index (χ0v) is 11.4. The summed E-state index contributed by atoms with van der Waals surface area (Å²) in [6.45, 7) is 0.567. The minimum Gasteiger partial charge on any atom is -0.496 e. The molecule has 2 heteroatoms. The van der Waals surface area contributed by atoms with E-state index in [1.165, 1.54) is 0 Å². The Morgan fingerprint density at radius 2 is 1.35 bits per heavy atom. The minimum absolute atomic E-state index is 0.567. The monoisotopic (exact) mass is 264 g/mol. The first-order valence-corrected chi connectivity index (χ1v) is 6.61. The second kappa shape index (κ2) is 5.66. The number of hydrogen-bond acceptors (Lipinski definition) is 2. The molecule has 20 heavy (non-hydrogen) atoms. The molecular weight excluding hydrogens is 248 g/mol. The summed E-state index contributed by atoms with van der Waals surface area (Å²) in [6, 6.07) is 22.2. The van der Waals surface area contributed by atoms with Gasteiger partial charge in [-0.15, -0.1) is 0 Å². The molecule has 2 nitrogen and oxygen atoms in total. The maximum absolute atomic E-state index is 5.95. The summed E-state index contributed by atoms with van der Waals surface area (Å²) < 4.78 is 11.3. The molecule has 0 aliphatic carbocycles. The van der Waals surface area contributed by atoms with E-state index in [-0.39, 0.29) is 0 Å². The molecule has 0 amide bonds. The van der Waals surface area contributed by atoms with Crippen molar-refractivity contribution in [1.29, 1.82) is 0 Å². The van der Waals surface area contributed by atoms with Crippen molar-refractivity contribution in [2.45, 2.75) is 6.61 Å². The summed E-state index contributed by atoms with van der Waals surface area (Å²) in [7, 11) is 1.69. The first-order chi connectivity index (χ1) is 9.88. The molecule has 0 bridgehead atoms. The van der Waals surface area contributed by atoms with E-state index in [0.717, 1.165) is 27.8 Å². The van der Waals surface area contributed by atoms with Crippen molar-refractivity contribution in [1.82, 2.24) is 0 Å². The molecule has 0 spiro atoms. The zero-order valence-electron chi connectivity index (χ0n) is 11.4. The molecule has 0 aliphatic rings. The van der Waals surface area contributed by atoms with Gasteiger partial charge in [0.25, 0.3) is 0 Å². The van der Waals surface area contributed by atoms with Crippen LogP contribution in [0, 0.1) is 0 Å². The van der Waals surface area contributed by atoms with Crippen molar-refractivity contribution in [3.63, 3.8) is 0 Å². The van der Waals surface area contributed by atoms with Crippen LogP contribution in [-0.4, -0.2) is 7.11 Å². The summed E-state index contributed by atoms with van der Waals surface area (Å²) >= 11 is 0. The fourth-order valence-corrected chi connectivity index (χ4v) is 2.29. The standard InChI is InChI=1S/C18H16O2/c1-19-17-11-5-10-16-15(17)9-6-12-18(16)20-13-14-7-3-2-4-8-14/h2-12H,13H2,1H3. The summed E-state index contributed by atoms with van der Waals surface area (Å²) in [4.78, 5) is 0. The van der Waals surface area contributed by atoms with Crippen molar-refractivity contribution >= 4 is 10.8 Å². The van der Waals surface area contributed by atoms with Crippen LogP contribution in [0.15, 0.2) is 66.7 Å². The SMILES string of the molecule is COc1cccc2c(OCc3ccccc3)cccc12. The Morgan fingerprint density at radius 3 is 2.05 bits per heavy atom. The summed E-state index contributed by atoms with van der Waals surface area (Å²) in [5, 5.41) is 2.14. The van der Waals surface area contributed by atoms with E-state index in [9.17, 15) is 0 Å². The van der Waals surface area contributed by atoms with Gasteiger partial charge in [0.05, 0.1) is 7.11 Å². The Balaban J connectivity index is 1.92. The van der Waals surface area contributed by atoms with Crippen molar-refractivity contribution in [2.24, 2.45) is 0 Å². The maximum Gasteiger partial charge on any atom is 0.127 e. The first kappa shape index (κ1) is 12.5. The van der Waals surface area contributed by atoms with Crippen LogP contribution in [-0.2, 0) is 6.61 Å². The van der Waals surface area contributed by atoms with Gasteiger partial charge in [0, 0.05) is 10.8 Å². The van der Waals surface area contributed by atoms with E-state index in [1.807, 2.05) is 48.5 Å². The lowest BCUT2D eigenvalue weighted by Gasteiger charge is -2.11. The third-order valence-corrected chi connectivity index (χ3v) is 3.30. The molecule has 3 aromatic carbocycles. The van der Waals surface area contributed by atoms with Gasteiger partial charge in [-0.25, -0.2) is 0 Å². The second-order valence-corrected chi connectivity index (χ2v) is 4.59. The van der Waals surface area contributed by atoms with Crippen LogP contribution in [0.25, 0.3) is 10.8 Å². The van der Waals surface area contributed by atoms with Crippen molar-refractivity contribution < 1.29 is 9.47 Å². The fraction of sp³-hybridized carbons (Fsp3) is 0.111. The second-order valence-electron chi connectivity index (χ2n) is 4.59. The lowest BCUT2D eigenvalue weighted by Crippen LogP contribution is -1.96. The Morgan fingerprint density at radius 1 is 0.700 bits per heavy atom. The summed E-state index contributed by atoms with van der Waals surface area (Å²) in [5.74, 6) is 1.75. The van der Waals surface area contributed by atoms with Crippen LogP contribution in [0.4, 0.5) is 0 Å². The molecule has 3 aromatic rings. The number of rotatable bonds is 4. The highest BCUT2D eigenvalue weighted by atomic mass is 16.5. The smallest absolute Gasteiger partial charge is 0.127 e. The van der Waals surface area contributed by atoms with Gasteiger partial charge in [0.15, 0.2) is 0 Å².